The van der Waals surface area contributed by atoms with Gasteiger partial charge >= 0.3 is 0 Å². The number of halogens is 2. The van der Waals surface area contributed by atoms with Crippen LogP contribution in [-0.2, 0) is 9.59 Å². The molecule has 3 aromatic rings. The summed E-state index contributed by atoms with van der Waals surface area (Å²) in [6.07, 6.45) is 0. The largest absolute Gasteiger partial charge is 0.507 e. The summed E-state index contributed by atoms with van der Waals surface area (Å²) in [5.41, 5.74) is 0.835. The van der Waals surface area contributed by atoms with Crippen LogP contribution >= 0.6 is 34.5 Å². The molecule has 30 heavy (non-hydrogen) atoms. The third-order valence-electron chi connectivity index (χ3n) is 4.79. The van der Waals surface area contributed by atoms with E-state index >= 15 is 0 Å². The molecule has 0 radical (unpaired) electrons. The molecule has 1 saturated heterocycles. The molecular weight excluding hydrogens is 445 g/mol. The Morgan fingerprint density at radius 1 is 1.10 bits per heavy atom. The molecule has 1 atom stereocenters. The molecule has 2 heterocycles. The van der Waals surface area contributed by atoms with Crippen molar-refractivity contribution in [3.8, 4) is 5.75 Å². The summed E-state index contributed by atoms with van der Waals surface area (Å²) in [5.74, 6) is -1.44. The minimum Gasteiger partial charge on any atom is -0.507 e. The maximum Gasteiger partial charge on any atom is 0.300 e. The Hall–Kier alpha value is -2.80. The highest BCUT2D eigenvalue weighted by molar-refractivity contribution is 7.10. The summed E-state index contributed by atoms with van der Waals surface area (Å²) in [5, 5.41) is 13.8. The van der Waals surface area contributed by atoms with Gasteiger partial charge in [-0.2, -0.15) is 0 Å². The number of aliphatic hydroxyl groups is 1. The maximum atomic E-state index is 13.0. The second-order valence-corrected chi connectivity index (χ2v) is 8.33. The first-order valence-corrected chi connectivity index (χ1v) is 10.5. The molecular formula is C22H15Cl2NO4S. The Morgan fingerprint density at radius 3 is 2.47 bits per heavy atom. The molecule has 152 valence electrons. The summed E-state index contributed by atoms with van der Waals surface area (Å²) in [6.45, 7) is 0. The number of methoxy groups -OCH3 is 1. The van der Waals surface area contributed by atoms with E-state index in [-0.39, 0.29) is 11.3 Å². The zero-order valence-corrected chi connectivity index (χ0v) is 18.0. The van der Waals surface area contributed by atoms with E-state index in [1.807, 2.05) is 17.5 Å². The molecule has 0 bridgehead atoms. The van der Waals surface area contributed by atoms with Crippen LogP contribution in [0.2, 0.25) is 10.0 Å². The van der Waals surface area contributed by atoms with Gasteiger partial charge in [0, 0.05) is 21.2 Å². The Balaban J connectivity index is 1.91. The van der Waals surface area contributed by atoms with Gasteiger partial charge in [-0.25, -0.2) is 0 Å². The van der Waals surface area contributed by atoms with E-state index in [1.54, 1.807) is 36.4 Å². The third-order valence-corrected chi connectivity index (χ3v) is 6.28. The highest BCUT2D eigenvalue weighted by atomic mass is 35.5. The molecule has 0 aliphatic carbocycles. The van der Waals surface area contributed by atoms with E-state index in [2.05, 4.69) is 0 Å². The van der Waals surface area contributed by atoms with Crippen LogP contribution in [0.4, 0.5) is 5.69 Å². The van der Waals surface area contributed by atoms with Gasteiger partial charge in [0.25, 0.3) is 11.7 Å². The van der Waals surface area contributed by atoms with Crippen molar-refractivity contribution in [2.75, 3.05) is 12.0 Å². The molecule has 1 unspecified atom stereocenters. The van der Waals surface area contributed by atoms with Crippen molar-refractivity contribution in [1.29, 1.82) is 0 Å². The van der Waals surface area contributed by atoms with Gasteiger partial charge in [-0.15, -0.1) is 11.3 Å². The van der Waals surface area contributed by atoms with Gasteiger partial charge in [-0.05, 0) is 53.9 Å². The number of Topliss-reactive ketones (excluding diaryl/α,β-unsaturated/α-hetero) is 1. The molecule has 1 aliphatic rings. The van der Waals surface area contributed by atoms with E-state index < -0.39 is 17.7 Å². The number of carbonyl (C=O) groups excluding carboxylic acids is 2. The number of rotatable bonds is 4. The minimum atomic E-state index is -0.771. The summed E-state index contributed by atoms with van der Waals surface area (Å²) < 4.78 is 5.21. The molecule has 1 N–H and O–H groups in total. The number of hydrogen-bond acceptors (Lipinski definition) is 5. The first kappa shape index (κ1) is 20.5. The topological polar surface area (TPSA) is 66.8 Å². The van der Waals surface area contributed by atoms with Crippen LogP contribution in [0.1, 0.15) is 16.5 Å². The number of amides is 1. The number of nitrogens with zero attached hydrogens (tertiary/aromatic N) is 1. The Morgan fingerprint density at radius 2 is 1.83 bits per heavy atom. The zero-order chi connectivity index (χ0) is 21.4. The summed E-state index contributed by atoms with van der Waals surface area (Å²) in [7, 11) is 1.45. The highest BCUT2D eigenvalue weighted by Gasteiger charge is 2.47. The molecule has 2 aromatic carbocycles. The zero-order valence-electron chi connectivity index (χ0n) is 15.6. The number of benzene rings is 2. The van der Waals surface area contributed by atoms with Crippen LogP contribution in [0.3, 0.4) is 0 Å². The SMILES string of the molecule is COc1cc(/C(O)=C2/C(=O)C(=O)N(c3ccc(Cl)cc3)C2c2cccs2)ccc1Cl. The molecule has 4 rings (SSSR count). The van der Waals surface area contributed by atoms with Gasteiger partial charge in [0.15, 0.2) is 0 Å². The molecule has 0 spiro atoms. The summed E-state index contributed by atoms with van der Waals surface area (Å²) >= 11 is 13.4. The fourth-order valence-corrected chi connectivity index (χ4v) is 4.52. The lowest BCUT2D eigenvalue weighted by Gasteiger charge is -2.24. The smallest absolute Gasteiger partial charge is 0.300 e. The molecule has 5 nitrogen and oxygen atoms in total. The molecule has 1 amide bonds. The monoisotopic (exact) mass is 459 g/mol. The average Bonchev–Trinajstić information content (AvgIpc) is 3.36. The van der Waals surface area contributed by atoms with E-state index in [0.29, 0.717) is 27.0 Å². The van der Waals surface area contributed by atoms with Crippen molar-refractivity contribution >= 4 is 57.7 Å². The summed E-state index contributed by atoms with van der Waals surface area (Å²) in [6, 6.07) is 14.2. The van der Waals surface area contributed by atoms with E-state index in [0.717, 1.165) is 4.88 Å². The van der Waals surface area contributed by atoms with Crippen LogP contribution in [0.15, 0.2) is 65.6 Å². The predicted octanol–water partition coefficient (Wildman–Crippen LogP) is 5.69. The molecule has 1 fully saturated rings. The second-order valence-electron chi connectivity index (χ2n) is 6.51. The fraction of sp³-hybridized carbons (Fsp3) is 0.0909. The van der Waals surface area contributed by atoms with Gasteiger partial charge < -0.3 is 9.84 Å². The van der Waals surface area contributed by atoms with Crippen molar-refractivity contribution in [2.45, 2.75) is 6.04 Å². The van der Waals surface area contributed by atoms with E-state index in [1.165, 1.54) is 29.4 Å². The lowest BCUT2D eigenvalue weighted by molar-refractivity contribution is -0.132. The second kappa shape index (κ2) is 8.14. The number of carbonyl (C=O) groups is 2. The minimum absolute atomic E-state index is 0.00164. The maximum absolute atomic E-state index is 13.0. The number of ether oxygens (including phenoxy) is 1. The van der Waals surface area contributed by atoms with Gasteiger partial charge in [0.2, 0.25) is 0 Å². The van der Waals surface area contributed by atoms with Crippen LogP contribution in [-0.4, -0.2) is 23.9 Å². The molecule has 8 heteroatoms. The van der Waals surface area contributed by atoms with Crippen LogP contribution in [0.5, 0.6) is 5.75 Å². The van der Waals surface area contributed by atoms with Crippen molar-refractivity contribution in [1.82, 2.24) is 0 Å². The van der Waals surface area contributed by atoms with Gasteiger partial charge in [-0.1, -0.05) is 29.3 Å². The number of ketones is 1. The molecule has 1 aromatic heterocycles. The molecule has 1 aliphatic heterocycles. The first-order chi connectivity index (χ1) is 14.4. The Bertz CT molecular complexity index is 1160. The number of thiophene rings is 1. The highest BCUT2D eigenvalue weighted by Crippen LogP contribution is 2.44. The number of hydrogen-bond donors (Lipinski definition) is 1. The lowest BCUT2D eigenvalue weighted by atomic mass is 9.99. The first-order valence-electron chi connectivity index (χ1n) is 8.86. The van der Waals surface area contributed by atoms with E-state index in [4.69, 9.17) is 27.9 Å². The Labute approximate surface area is 186 Å². The van der Waals surface area contributed by atoms with Gasteiger partial charge in [0.1, 0.15) is 17.6 Å². The van der Waals surface area contributed by atoms with E-state index in [9.17, 15) is 14.7 Å². The third kappa shape index (κ3) is 3.47. The van der Waals surface area contributed by atoms with Crippen molar-refractivity contribution < 1.29 is 19.4 Å². The number of aliphatic hydroxyl groups excluding tert-OH is 1. The van der Waals surface area contributed by atoms with Gasteiger partial charge in [0.05, 0.1) is 17.7 Å². The van der Waals surface area contributed by atoms with Crippen molar-refractivity contribution in [3.05, 3.63) is 86.0 Å². The predicted molar refractivity (Wildman–Crippen MR) is 119 cm³/mol. The standard InChI is InChI=1S/C22H15Cl2NO4S/c1-29-16-11-12(4-9-15(16)24)20(26)18-19(17-3-2-10-30-17)25(22(28)21(18)27)14-7-5-13(23)6-8-14/h2-11,19,26H,1H3/b20-18-. The fourth-order valence-electron chi connectivity index (χ4n) is 3.38. The van der Waals surface area contributed by atoms with Crippen molar-refractivity contribution in [2.24, 2.45) is 0 Å². The molecule has 0 saturated carbocycles. The quantitative estimate of drug-likeness (QED) is 0.309. The number of anilines is 1. The van der Waals surface area contributed by atoms with Crippen LogP contribution < -0.4 is 9.64 Å². The normalized spacial score (nSPS) is 18.1. The lowest BCUT2D eigenvalue weighted by Crippen LogP contribution is -2.29. The van der Waals surface area contributed by atoms with Crippen LogP contribution in [0.25, 0.3) is 5.76 Å². The average molecular weight is 460 g/mol. The van der Waals surface area contributed by atoms with Crippen molar-refractivity contribution in [3.63, 3.8) is 0 Å². The summed E-state index contributed by atoms with van der Waals surface area (Å²) in [4.78, 5) is 28.1. The Kier molecular flexibility index (Phi) is 5.56. The van der Waals surface area contributed by atoms with Crippen LogP contribution in [0, 0.1) is 0 Å². The van der Waals surface area contributed by atoms with Gasteiger partial charge in [-0.3, -0.25) is 14.5 Å².